The van der Waals surface area contributed by atoms with Crippen molar-refractivity contribution in [1.82, 2.24) is 0 Å². The summed E-state index contributed by atoms with van der Waals surface area (Å²) in [6.07, 6.45) is 3.26. The molecule has 0 aromatic heterocycles. The van der Waals surface area contributed by atoms with Gasteiger partial charge in [-0.25, -0.2) is 0 Å². The summed E-state index contributed by atoms with van der Waals surface area (Å²) in [7, 11) is 0. The maximum absolute atomic E-state index is 11.8. The van der Waals surface area contributed by atoms with Crippen molar-refractivity contribution < 1.29 is 10.2 Å². The summed E-state index contributed by atoms with van der Waals surface area (Å²) in [4.78, 5) is 4.99. The van der Waals surface area contributed by atoms with Crippen LogP contribution in [0.2, 0.25) is 0 Å². The zero-order chi connectivity index (χ0) is 27.0. The van der Waals surface area contributed by atoms with E-state index < -0.39 is 12.2 Å². The Morgan fingerprint density at radius 2 is 1.10 bits per heavy atom. The molecule has 3 fully saturated rings. The third-order valence-corrected chi connectivity index (χ3v) is 11.0. The fraction of sp³-hybridized carbons (Fsp3) is 0.412. The van der Waals surface area contributed by atoms with Crippen molar-refractivity contribution in [2.75, 3.05) is 33.5 Å². The van der Waals surface area contributed by atoms with Crippen LogP contribution in [-0.2, 0) is 0 Å². The summed E-state index contributed by atoms with van der Waals surface area (Å²) in [5.74, 6) is -0.654. The van der Waals surface area contributed by atoms with Crippen LogP contribution in [0, 0.1) is 0 Å². The molecule has 4 N–H and O–H groups in total. The Morgan fingerprint density at radius 3 is 1.55 bits per heavy atom. The van der Waals surface area contributed by atoms with E-state index in [2.05, 4.69) is 94.9 Å². The van der Waals surface area contributed by atoms with Crippen molar-refractivity contribution in [2.24, 2.45) is 0 Å². The zero-order valence-corrected chi connectivity index (χ0v) is 23.1. The van der Waals surface area contributed by atoms with Crippen LogP contribution >= 0.6 is 0 Å². The summed E-state index contributed by atoms with van der Waals surface area (Å²) in [6, 6.07) is 21.6. The normalized spacial score (nSPS) is 33.4. The fourth-order valence-electron chi connectivity index (χ4n) is 9.04. The van der Waals surface area contributed by atoms with Crippen LogP contribution in [0.15, 0.2) is 60.7 Å². The summed E-state index contributed by atoms with van der Waals surface area (Å²) in [5, 5.41) is 35.8. The van der Waals surface area contributed by atoms with Gasteiger partial charge in [0.1, 0.15) is 11.3 Å². The predicted octanol–water partition coefficient (Wildman–Crippen LogP) is 6.08. The van der Waals surface area contributed by atoms with E-state index in [-0.39, 0.29) is 23.2 Å². The number of nitrogens with one attached hydrogen (secondary N) is 2. The molecule has 204 valence electrons. The van der Waals surface area contributed by atoms with Gasteiger partial charge in [0.2, 0.25) is 0 Å². The third-order valence-electron chi connectivity index (χ3n) is 11.0. The average molecular weight is 533 g/mol. The lowest BCUT2D eigenvalue weighted by Gasteiger charge is -2.49. The summed E-state index contributed by atoms with van der Waals surface area (Å²) >= 11 is 0. The second-order valence-corrected chi connectivity index (χ2v) is 13.1. The van der Waals surface area contributed by atoms with E-state index in [9.17, 15) is 10.2 Å². The number of fused-ring (bicyclic) bond motifs is 4. The summed E-state index contributed by atoms with van der Waals surface area (Å²) < 4.78 is 0. The van der Waals surface area contributed by atoms with E-state index in [1.807, 2.05) is 0 Å². The highest BCUT2D eigenvalue weighted by atomic mass is 16.3. The molecule has 0 spiro atoms. The van der Waals surface area contributed by atoms with Crippen molar-refractivity contribution in [1.29, 1.82) is 0 Å². The Bertz CT molecular complexity index is 1600. The summed E-state index contributed by atoms with van der Waals surface area (Å²) in [5.41, 5.74) is 6.80. The number of aliphatic hydroxyl groups is 2. The van der Waals surface area contributed by atoms with E-state index >= 15 is 0 Å². The zero-order valence-electron chi connectivity index (χ0n) is 23.1. The van der Waals surface area contributed by atoms with Crippen molar-refractivity contribution in [3.63, 3.8) is 0 Å². The molecule has 0 bridgehead atoms. The van der Waals surface area contributed by atoms with Crippen molar-refractivity contribution >= 4 is 44.3 Å². The maximum Gasteiger partial charge on any atom is 0.107 e. The van der Waals surface area contributed by atoms with Gasteiger partial charge in [0, 0.05) is 58.4 Å². The second kappa shape index (κ2) is 7.62. The Hall–Kier alpha value is -3.48. The molecule has 2 atom stereocenters. The van der Waals surface area contributed by atoms with Gasteiger partial charge in [-0.1, -0.05) is 36.4 Å². The SMILES string of the molecule is CC12CCCN1c1cccc3c(C4C(O)C(c5ccc6c7c(cccc57)N5CCCC5(C)N6)C4O)ccc(c13)N2. The first-order valence-corrected chi connectivity index (χ1v) is 15.0. The molecule has 40 heavy (non-hydrogen) atoms. The number of rotatable bonds is 2. The molecule has 6 nitrogen and oxygen atoms in total. The standard InChI is InChI=1S/C34H36N4O2/c1-33-15-5-17-37(33)25-9-3-7-19-21(11-13-23(35-33)27(19)25)29-31(39)30(32(29)40)22-12-14-24-28-20(22)8-4-10-26(28)38-18-6-16-34(38,2)36-24/h3-4,7-14,29-32,35-36,39-40H,5-6,15-18H2,1-2H3. The molecule has 2 unspecified atom stereocenters. The quantitative estimate of drug-likeness (QED) is 0.251. The molecule has 1 saturated carbocycles. The van der Waals surface area contributed by atoms with E-state index in [4.69, 9.17) is 0 Å². The number of nitrogens with zero attached hydrogens (tertiary/aromatic N) is 2. The van der Waals surface area contributed by atoms with E-state index in [1.54, 1.807) is 0 Å². The Labute approximate surface area is 234 Å². The highest BCUT2D eigenvalue weighted by Gasteiger charge is 2.52. The lowest BCUT2D eigenvalue weighted by molar-refractivity contribution is -0.0775. The number of hydrogen-bond acceptors (Lipinski definition) is 6. The van der Waals surface area contributed by atoms with Crippen LogP contribution in [0.4, 0.5) is 22.7 Å². The molecule has 9 rings (SSSR count). The molecule has 4 aromatic carbocycles. The average Bonchev–Trinajstić information content (AvgIpc) is 3.54. The van der Waals surface area contributed by atoms with Gasteiger partial charge in [0.25, 0.3) is 0 Å². The van der Waals surface area contributed by atoms with Crippen molar-refractivity contribution in [3.05, 3.63) is 71.8 Å². The first kappa shape index (κ1) is 23.2. The number of anilines is 4. The molecule has 4 aliphatic heterocycles. The molecular formula is C34H36N4O2. The van der Waals surface area contributed by atoms with Gasteiger partial charge < -0.3 is 30.6 Å². The van der Waals surface area contributed by atoms with Crippen LogP contribution in [-0.4, -0.2) is 46.8 Å². The largest absolute Gasteiger partial charge is 0.392 e. The smallest absolute Gasteiger partial charge is 0.107 e. The van der Waals surface area contributed by atoms with E-state index in [0.29, 0.717) is 0 Å². The van der Waals surface area contributed by atoms with Crippen molar-refractivity contribution in [2.45, 2.75) is 74.9 Å². The van der Waals surface area contributed by atoms with Gasteiger partial charge in [0.05, 0.1) is 12.2 Å². The Balaban J connectivity index is 1.12. The van der Waals surface area contributed by atoms with Gasteiger partial charge in [-0.15, -0.1) is 0 Å². The topological polar surface area (TPSA) is 71.0 Å². The first-order chi connectivity index (χ1) is 19.4. The molecule has 5 aliphatic rings. The van der Waals surface area contributed by atoms with E-state index in [0.717, 1.165) is 59.2 Å². The maximum atomic E-state index is 11.8. The fourth-order valence-corrected chi connectivity index (χ4v) is 9.04. The monoisotopic (exact) mass is 532 g/mol. The van der Waals surface area contributed by atoms with Gasteiger partial charge >= 0.3 is 0 Å². The molecule has 0 amide bonds. The van der Waals surface area contributed by atoms with Crippen LogP contribution in [0.25, 0.3) is 21.5 Å². The minimum Gasteiger partial charge on any atom is -0.392 e. The number of aliphatic hydroxyl groups excluding tert-OH is 2. The van der Waals surface area contributed by atoms with Crippen molar-refractivity contribution in [3.8, 4) is 0 Å². The molecule has 1 aliphatic carbocycles. The number of hydrogen-bond donors (Lipinski definition) is 4. The van der Waals surface area contributed by atoms with Gasteiger partial charge in [-0.05, 0) is 85.7 Å². The van der Waals surface area contributed by atoms with Crippen LogP contribution < -0.4 is 20.4 Å². The van der Waals surface area contributed by atoms with Crippen LogP contribution in [0.1, 0.15) is 62.5 Å². The van der Waals surface area contributed by atoms with Crippen LogP contribution in [0.5, 0.6) is 0 Å². The Kier molecular flexibility index (Phi) is 4.43. The Morgan fingerprint density at radius 1 is 0.650 bits per heavy atom. The lowest BCUT2D eigenvalue weighted by Crippen LogP contribution is -2.52. The van der Waals surface area contributed by atoms with Gasteiger partial charge in [0.15, 0.2) is 0 Å². The molecule has 0 radical (unpaired) electrons. The molecule has 4 aromatic rings. The molecule has 2 saturated heterocycles. The van der Waals surface area contributed by atoms with E-state index in [1.165, 1.54) is 35.0 Å². The van der Waals surface area contributed by atoms with Gasteiger partial charge in [-0.3, -0.25) is 0 Å². The molecule has 4 heterocycles. The number of benzene rings is 4. The summed E-state index contributed by atoms with van der Waals surface area (Å²) in [6.45, 7) is 6.66. The highest BCUT2D eigenvalue weighted by molar-refractivity contribution is 6.09. The molecule has 6 heteroatoms. The lowest BCUT2D eigenvalue weighted by atomic mass is 9.62. The minimum absolute atomic E-state index is 0.0561. The molecular weight excluding hydrogens is 496 g/mol. The van der Waals surface area contributed by atoms with Crippen LogP contribution in [0.3, 0.4) is 0 Å². The third kappa shape index (κ3) is 2.76. The predicted molar refractivity (Wildman–Crippen MR) is 163 cm³/mol. The van der Waals surface area contributed by atoms with Gasteiger partial charge in [-0.2, -0.15) is 0 Å². The minimum atomic E-state index is -0.661. The highest BCUT2D eigenvalue weighted by Crippen LogP contribution is 2.55. The second-order valence-electron chi connectivity index (χ2n) is 13.1. The first-order valence-electron chi connectivity index (χ1n) is 15.0.